The molecule has 0 spiro atoms. The van der Waals surface area contributed by atoms with Gasteiger partial charge in [-0.1, -0.05) is 0 Å². The molecular formula is C20H21NO5S. The van der Waals surface area contributed by atoms with Crippen LogP contribution in [0.15, 0.2) is 60.0 Å². The molecule has 1 aliphatic rings. The van der Waals surface area contributed by atoms with Crippen LogP contribution in [0, 0.1) is 0 Å². The van der Waals surface area contributed by atoms with E-state index in [0.717, 1.165) is 0 Å². The van der Waals surface area contributed by atoms with Crippen molar-refractivity contribution in [2.24, 2.45) is 0 Å². The highest BCUT2D eigenvalue weighted by Gasteiger charge is 2.32. The molecule has 27 heavy (non-hydrogen) atoms. The minimum Gasteiger partial charge on any atom is -0.497 e. The molecule has 3 rings (SSSR count). The van der Waals surface area contributed by atoms with E-state index in [1.54, 1.807) is 61.7 Å². The van der Waals surface area contributed by atoms with Crippen molar-refractivity contribution in [1.29, 1.82) is 0 Å². The minimum atomic E-state index is -3.31. The van der Waals surface area contributed by atoms with Gasteiger partial charge in [-0.2, -0.15) is 0 Å². The molecule has 142 valence electrons. The summed E-state index contributed by atoms with van der Waals surface area (Å²) in [6.45, 7) is 2.43. The molecule has 2 aromatic carbocycles. The van der Waals surface area contributed by atoms with Crippen molar-refractivity contribution >= 4 is 21.4 Å². The molecule has 1 atom stereocenters. The molecule has 1 amide bonds. The van der Waals surface area contributed by atoms with Crippen LogP contribution < -0.4 is 14.4 Å². The third-order valence-electron chi connectivity index (χ3n) is 4.22. The number of hydrogen-bond acceptors (Lipinski definition) is 5. The number of hydrogen-bond donors (Lipinski definition) is 0. The Hall–Kier alpha value is -2.80. The lowest BCUT2D eigenvalue weighted by atomic mass is 10.1. The molecule has 0 fully saturated rings. The predicted octanol–water partition coefficient (Wildman–Crippen LogP) is 3.05. The molecule has 1 heterocycles. The lowest BCUT2D eigenvalue weighted by Crippen LogP contribution is -2.41. The molecule has 0 N–H and O–H groups in total. The van der Waals surface area contributed by atoms with Gasteiger partial charge in [0.2, 0.25) is 0 Å². The summed E-state index contributed by atoms with van der Waals surface area (Å²) in [6, 6.07) is 13.2. The van der Waals surface area contributed by atoms with Crippen molar-refractivity contribution in [3.63, 3.8) is 0 Å². The van der Waals surface area contributed by atoms with Gasteiger partial charge >= 0.3 is 0 Å². The number of carbonyl (C=O) groups excluding carboxylic acids is 1. The first-order valence-electron chi connectivity index (χ1n) is 8.55. The highest BCUT2D eigenvalue weighted by atomic mass is 32.2. The average Bonchev–Trinajstić information content (AvgIpc) is 3.03. The van der Waals surface area contributed by atoms with Crippen LogP contribution in [0.5, 0.6) is 11.5 Å². The zero-order chi connectivity index (χ0) is 19.4. The zero-order valence-electron chi connectivity index (χ0n) is 15.2. The predicted molar refractivity (Wildman–Crippen MR) is 104 cm³/mol. The molecular weight excluding hydrogens is 366 g/mol. The highest BCUT2D eigenvalue weighted by molar-refractivity contribution is 7.94. The third-order valence-corrected chi connectivity index (χ3v) is 5.60. The quantitative estimate of drug-likeness (QED) is 0.762. The van der Waals surface area contributed by atoms with E-state index in [-0.39, 0.29) is 11.7 Å². The molecule has 0 unspecified atom stereocenters. The first kappa shape index (κ1) is 19.0. The van der Waals surface area contributed by atoms with Gasteiger partial charge in [-0.25, -0.2) is 8.42 Å². The number of methoxy groups -OCH3 is 1. The molecule has 6 nitrogen and oxygen atoms in total. The zero-order valence-corrected chi connectivity index (χ0v) is 16.0. The number of sulfone groups is 1. The van der Waals surface area contributed by atoms with Gasteiger partial charge in [0.25, 0.3) is 5.91 Å². The van der Waals surface area contributed by atoms with Crippen molar-refractivity contribution in [2.45, 2.75) is 13.0 Å². The number of benzene rings is 2. The first-order chi connectivity index (χ1) is 12.9. The summed E-state index contributed by atoms with van der Waals surface area (Å²) in [6.07, 6.45) is 1.55. The molecule has 0 bridgehead atoms. The lowest BCUT2D eigenvalue weighted by Gasteiger charge is -2.28. The lowest BCUT2D eigenvalue weighted by molar-refractivity contribution is 0.0983. The van der Waals surface area contributed by atoms with E-state index in [1.807, 2.05) is 6.92 Å². The number of ether oxygens (including phenoxy) is 2. The second-order valence-corrected chi connectivity index (χ2v) is 7.99. The largest absolute Gasteiger partial charge is 0.497 e. The average molecular weight is 387 g/mol. The fourth-order valence-electron chi connectivity index (χ4n) is 2.92. The Morgan fingerprint density at radius 2 is 1.70 bits per heavy atom. The van der Waals surface area contributed by atoms with E-state index >= 15 is 0 Å². The Morgan fingerprint density at radius 3 is 2.22 bits per heavy atom. The van der Waals surface area contributed by atoms with Gasteiger partial charge in [-0.05, 0) is 61.5 Å². The van der Waals surface area contributed by atoms with Gasteiger partial charge in [0.1, 0.15) is 11.5 Å². The Balaban J connectivity index is 1.96. The van der Waals surface area contributed by atoms with Gasteiger partial charge in [0.15, 0.2) is 9.84 Å². The van der Waals surface area contributed by atoms with Crippen LogP contribution in [0.4, 0.5) is 5.69 Å². The van der Waals surface area contributed by atoms with Gasteiger partial charge < -0.3 is 14.4 Å². The Bertz CT molecular complexity index is 933. The summed E-state index contributed by atoms with van der Waals surface area (Å²) in [5.74, 6) is 0.908. The van der Waals surface area contributed by atoms with E-state index < -0.39 is 15.9 Å². The molecule has 0 saturated heterocycles. The van der Waals surface area contributed by atoms with Crippen LogP contribution in [-0.4, -0.2) is 39.8 Å². The van der Waals surface area contributed by atoms with Gasteiger partial charge in [-0.15, -0.1) is 0 Å². The third kappa shape index (κ3) is 4.31. The second-order valence-electron chi connectivity index (χ2n) is 6.06. The Morgan fingerprint density at radius 1 is 1.07 bits per heavy atom. The smallest absolute Gasteiger partial charge is 0.258 e. The molecule has 2 aromatic rings. The van der Waals surface area contributed by atoms with E-state index in [4.69, 9.17) is 9.47 Å². The van der Waals surface area contributed by atoms with Crippen LogP contribution in [-0.2, 0) is 9.84 Å². The Labute approximate surface area is 158 Å². The van der Waals surface area contributed by atoms with Crippen LogP contribution in [0.25, 0.3) is 0 Å². The molecule has 0 aliphatic carbocycles. The fraction of sp³-hybridized carbons (Fsp3) is 0.250. The number of anilines is 1. The normalized spacial score (nSPS) is 17.5. The number of carbonyl (C=O) groups is 1. The topological polar surface area (TPSA) is 72.9 Å². The maximum Gasteiger partial charge on any atom is 0.258 e. The standard InChI is InChI=1S/C20H21NO5S/c1-3-26-19-10-6-16(7-11-19)21(17-12-13-27(23,24)14-17)20(22)15-4-8-18(25-2)9-5-15/h4-13,17H,3,14H2,1-2H3/t17-/m0/s1. The summed E-state index contributed by atoms with van der Waals surface area (Å²) >= 11 is 0. The summed E-state index contributed by atoms with van der Waals surface area (Å²) in [5.41, 5.74) is 1.05. The first-order valence-corrected chi connectivity index (χ1v) is 10.3. The van der Waals surface area contributed by atoms with Crippen LogP contribution in [0.1, 0.15) is 17.3 Å². The molecule has 1 aliphatic heterocycles. The summed E-state index contributed by atoms with van der Waals surface area (Å²) in [7, 11) is -1.76. The van der Waals surface area contributed by atoms with Crippen molar-refractivity contribution in [1.82, 2.24) is 0 Å². The summed E-state index contributed by atoms with van der Waals surface area (Å²) in [4.78, 5) is 14.7. The Kier molecular flexibility index (Phi) is 5.51. The molecule has 0 aromatic heterocycles. The van der Waals surface area contributed by atoms with Crippen molar-refractivity contribution in [3.05, 3.63) is 65.6 Å². The maximum atomic E-state index is 13.2. The van der Waals surface area contributed by atoms with E-state index in [1.165, 1.54) is 10.3 Å². The van der Waals surface area contributed by atoms with Gasteiger partial charge in [0, 0.05) is 16.7 Å². The second kappa shape index (κ2) is 7.84. The van der Waals surface area contributed by atoms with Crippen LogP contribution >= 0.6 is 0 Å². The maximum absolute atomic E-state index is 13.2. The van der Waals surface area contributed by atoms with Crippen molar-refractivity contribution in [2.75, 3.05) is 24.4 Å². The highest BCUT2D eigenvalue weighted by Crippen LogP contribution is 2.27. The number of nitrogens with zero attached hydrogens (tertiary/aromatic N) is 1. The molecule has 0 radical (unpaired) electrons. The van der Waals surface area contributed by atoms with Crippen molar-refractivity contribution in [3.8, 4) is 11.5 Å². The van der Waals surface area contributed by atoms with E-state index in [9.17, 15) is 13.2 Å². The minimum absolute atomic E-state index is 0.137. The fourth-order valence-corrected chi connectivity index (χ4v) is 4.19. The summed E-state index contributed by atoms with van der Waals surface area (Å²) < 4.78 is 34.4. The number of amides is 1. The molecule has 0 saturated carbocycles. The number of rotatable bonds is 6. The van der Waals surface area contributed by atoms with Crippen LogP contribution in [0.3, 0.4) is 0 Å². The molecule has 7 heteroatoms. The summed E-state index contributed by atoms with van der Waals surface area (Å²) in [5, 5.41) is 1.17. The van der Waals surface area contributed by atoms with Gasteiger partial charge in [0.05, 0.1) is 25.5 Å². The van der Waals surface area contributed by atoms with Crippen LogP contribution in [0.2, 0.25) is 0 Å². The SMILES string of the molecule is CCOc1ccc(N(C(=O)c2ccc(OC)cc2)[C@H]2C=CS(=O)(=O)C2)cc1. The van der Waals surface area contributed by atoms with E-state index in [2.05, 4.69) is 0 Å². The van der Waals surface area contributed by atoms with Gasteiger partial charge in [-0.3, -0.25) is 4.79 Å². The monoisotopic (exact) mass is 387 g/mol. The van der Waals surface area contributed by atoms with E-state index in [0.29, 0.717) is 29.4 Å². The van der Waals surface area contributed by atoms with Crippen molar-refractivity contribution < 1.29 is 22.7 Å².